The van der Waals surface area contributed by atoms with Crippen LogP contribution in [0.4, 0.5) is 0 Å². The summed E-state index contributed by atoms with van der Waals surface area (Å²) >= 11 is 3.10. The number of hydrogen-bond donors (Lipinski definition) is 0. The van der Waals surface area contributed by atoms with Crippen LogP contribution in [0.25, 0.3) is 0 Å². The molecular formula is C9H14BrN3O2S. The standard InChI is InChI=1S/C9H14BrN3O2S/c1-12-2-4-13(5-3-12)6-9-11-8(10)7-16(9,14)15/h7H,2-6H2,1H3. The molecule has 0 saturated carbocycles. The maximum absolute atomic E-state index is 11.6. The fraction of sp³-hybridized carbons (Fsp3) is 0.667. The van der Waals surface area contributed by atoms with E-state index in [-0.39, 0.29) is 5.04 Å². The maximum Gasteiger partial charge on any atom is 0.217 e. The van der Waals surface area contributed by atoms with Crippen molar-refractivity contribution in [1.82, 2.24) is 9.80 Å². The minimum Gasteiger partial charge on any atom is -0.304 e. The number of halogens is 1. The average Bonchev–Trinajstić information content (AvgIpc) is 2.43. The third kappa shape index (κ3) is 2.71. The average molecular weight is 308 g/mol. The first-order valence-electron chi connectivity index (χ1n) is 5.08. The van der Waals surface area contributed by atoms with Crippen LogP contribution in [0.2, 0.25) is 0 Å². The third-order valence-corrected chi connectivity index (χ3v) is 4.89. The van der Waals surface area contributed by atoms with Gasteiger partial charge < -0.3 is 4.90 Å². The summed E-state index contributed by atoms with van der Waals surface area (Å²) in [5, 5.41) is 1.42. The van der Waals surface area contributed by atoms with Crippen LogP contribution in [0.15, 0.2) is 15.0 Å². The Morgan fingerprint density at radius 3 is 2.50 bits per heavy atom. The van der Waals surface area contributed by atoms with Gasteiger partial charge in [-0.05, 0) is 23.0 Å². The van der Waals surface area contributed by atoms with Gasteiger partial charge in [0, 0.05) is 26.2 Å². The summed E-state index contributed by atoms with van der Waals surface area (Å²) in [6, 6.07) is 0. The van der Waals surface area contributed by atoms with E-state index in [2.05, 4.69) is 37.8 Å². The number of nitrogens with zero attached hydrogens (tertiary/aromatic N) is 3. The van der Waals surface area contributed by atoms with Crippen molar-refractivity contribution in [2.75, 3.05) is 39.8 Å². The van der Waals surface area contributed by atoms with E-state index in [0.29, 0.717) is 11.2 Å². The lowest BCUT2D eigenvalue weighted by Gasteiger charge is -2.31. The zero-order valence-electron chi connectivity index (χ0n) is 9.06. The molecule has 0 atom stereocenters. The first kappa shape index (κ1) is 12.2. The lowest BCUT2D eigenvalue weighted by molar-refractivity contribution is 0.171. The molecule has 5 nitrogen and oxygen atoms in total. The molecule has 7 heteroatoms. The predicted molar refractivity (Wildman–Crippen MR) is 67.3 cm³/mol. The predicted octanol–water partition coefficient (Wildman–Crippen LogP) is 0.255. The number of aliphatic imine (C=N–C) groups is 1. The fourth-order valence-electron chi connectivity index (χ4n) is 1.73. The van der Waals surface area contributed by atoms with Gasteiger partial charge in [-0.1, -0.05) is 0 Å². The van der Waals surface area contributed by atoms with Crippen LogP contribution >= 0.6 is 15.9 Å². The Morgan fingerprint density at radius 1 is 1.38 bits per heavy atom. The molecule has 1 saturated heterocycles. The van der Waals surface area contributed by atoms with Crippen molar-refractivity contribution >= 4 is 30.8 Å². The number of rotatable bonds is 2. The van der Waals surface area contributed by atoms with E-state index in [9.17, 15) is 8.42 Å². The molecule has 2 aliphatic rings. The minimum atomic E-state index is -3.26. The van der Waals surface area contributed by atoms with E-state index in [4.69, 9.17) is 0 Å². The first-order valence-corrected chi connectivity index (χ1v) is 7.42. The Morgan fingerprint density at radius 2 is 2.00 bits per heavy atom. The zero-order chi connectivity index (χ0) is 11.8. The van der Waals surface area contributed by atoms with Crippen molar-refractivity contribution in [3.05, 3.63) is 10.0 Å². The second-order valence-corrected chi connectivity index (χ2v) is 6.68. The van der Waals surface area contributed by atoms with Gasteiger partial charge in [-0.2, -0.15) is 0 Å². The SMILES string of the molecule is CN1CCN(CC2=NC(Br)=CS2(=O)=O)CC1. The number of hydrogen-bond acceptors (Lipinski definition) is 5. The van der Waals surface area contributed by atoms with Crippen LogP contribution in [0, 0.1) is 0 Å². The first-order chi connectivity index (χ1) is 7.47. The molecule has 0 aromatic carbocycles. The molecule has 0 N–H and O–H groups in total. The van der Waals surface area contributed by atoms with E-state index in [1.54, 1.807) is 0 Å². The van der Waals surface area contributed by atoms with Crippen molar-refractivity contribution in [1.29, 1.82) is 0 Å². The van der Waals surface area contributed by atoms with Crippen molar-refractivity contribution < 1.29 is 8.42 Å². The molecule has 0 bridgehead atoms. The second-order valence-electron chi connectivity index (χ2n) is 4.07. The molecule has 0 unspecified atom stereocenters. The van der Waals surface area contributed by atoms with E-state index < -0.39 is 9.84 Å². The van der Waals surface area contributed by atoms with Crippen LogP contribution < -0.4 is 0 Å². The van der Waals surface area contributed by atoms with Gasteiger partial charge in [0.05, 0.1) is 12.0 Å². The molecule has 0 amide bonds. The smallest absolute Gasteiger partial charge is 0.217 e. The monoisotopic (exact) mass is 307 g/mol. The summed E-state index contributed by atoms with van der Waals surface area (Å²) in [6.07, 6.45) is 0. The normalized spacial score (nSPS) is 26.6. The van der Waals surface area contributed by atoms with Gasteiger partial charge in [0.25, 0.3) is 0 Å². The molecule has 0 aliphatic carbocycles. The summed E-state index contributed by atoms with van der Waals surface area (Å²) in [4.78, 5) is 8.36. The molecule has 90 valence electrons. The number of sulfone groups is 1. The highest BCUT2D eigenvalue weighted by molar-refractivity contribution is 9.11. The summed E-state index contributed by atoms with van der Waals surface area (Å²) in [5.74, 6) is 0. The minimum absolute atomic E-state index is 0.254. The van der Waals surface area contributed by atoms with Gasteiger partial charge in [0.15, 0.2) is 5.04 Å². The Balaban J connectivity index is 1.99. The quantitative estimate of drug-likeness (QED) is 0.687. The highest BCUT2D eigenvalue weighted by atomic mass is 79.9. The molecule has 0 aromatic heterocycles. The maximum atomic E-state index is 11.6. The van der Waals surface area contributed by atoms with Crippen molar-refractivity contribution in [2.24, 2.45) is 4.99 Å². The Kier molecular flexibility index (Phi) is 3.48. The zero-order valence-corrected chi connectivity index (χ0v) is 11.5. The summed E-state index contributed by atoms with van der Waals surface area (Å²) in [6.45, 7) is 4.15. The molecule has 0 aromatic rings. The molecule has 0 radical (unpaired) electrons. The van der Waals surface area contributed by atoms with E-state index in [1.165, 1.54) is 5.41 Å². The van der Waals surface area contributed by atoms with Crippen LogP contribution in [0.3, 0.4) is 0 Å². The summed E-state index contributed by atoms with van der Waals surface area (Å²) in [7, 11) is -1.19. The molecule has 2 aliphatic heterocycles. The van der Waals surface area contributed by atoms with Crippen LogP contribution in [-0.2, 0) is 9.84 Å². The largest absolute Gasteiger partial charge is 0.304 e. The topological polar surface area (TPSA) is 53.0 Å². The third-order valence-electron chi connectivity index (χ3n) is 2.77. The Labute approximate surface area is 104 Å². The summed E-state index contributed by atoms with van der Waals surface area (Å²) in [5.41, 5.74) is 0. The van der Waals surface area contributed by atoms with Crippen molar-refractivity contribution in [3.8, 4) is 0 Å². The molecule has 1 fully saturated rings. The molecular weight excluding hydrogens is 294 g/mol. The Hall–Kier alpha value is -0.240. The van der Waals surface area contributed by atoms with Gasteiger partial charge in [0.2, 0.25) is 9.84 Å². The lowest BCUT2D eigenvalue weighted by atomic mass is 10.3. The molecule has 0 spiro atoms. The van der Waals surface area contributed by atoms with Crippen molar-refractivity contribution in [3.63, 3.8) is 0 Å². The Bertz CT molecular complexity index is 436. The molecule has 2 rings (SSSR count). The van der Waals surface area contributed by atoms with E-state index >= 15 is 0 Å². The second kappa shape index (κ2) is 4.56. The van der Waals surface area contributed by atoms with Gasteiger partial charge in [-0.25, -0.2) is 13.4 Å². The van der Waals surface area contributed by atoms with E-state index in [0.717, 1.165) is 26.2 Å². The fourth-order valence-corrected chi connectivity index (χ4v) is 3.83. The number of likely N-dealkylation sites (N-methyl/N-ethyl adjacent to an activating group) is 1. The van der Waals surface area contributed by atoms with Gasteiger partial charge in [0.1, 0.15) is 4.61 Å². The number of piperazine rings is 1. The van der Waals surface area contributed by atoms with E-state index in [1.807, 2.05) is 0 Å². The molecule has 16 heavy (non-hydrogen) atoms. The highest BCUT2D eigenvalue weighted by Crippen LogP contribution is 2.20. The van der Waals surface area contributed by atoms with Crippen LogP contribution in [0.1, 0.15) is 0 Å². The highest BCUT2D eigenvalue weighted by Gasteiger charge is 2.26. The van der Waals surface area contributed by atoms with Gasteiger partial charge in [-0.3, -0.25) is 4.90 Å². The summed E-state index contributed by atoms with van der Waals surface area (Å²) < 4.78 is 23.7. The van der Waals surface area contributed by atoms with Crippen LogP contribution in [0.5, 0.6) is 0 Å². The molecule has 2 heterocycles. The van der Waals surface area contributed by atoms with Gasteiger partial charge >= 0.3 is 0 Å². The van der Waals surface area contributed by atoms with Crippen molar-refractivity contribution in [2.45, 2.75) is 0 Å². The van der Waals surface area contributed by atoms with Crippen LogP contribution in [-0.4, -0.2) is 63.0 Å². The van der Waals surface area contributed by atoms with Gasteiger partial charge in [-0.15, -0.1) is 0 Å². The lowest BCUT2D eigenvalue weighted by Crippen LogP contribution is -2.46.